The summed E-state index contributed by atoms with van der Waals surface area (Å²) in [6.45, 7) is 3.25. The highest BCUT2D eigenvalue weighted by Crippen LogP contribution is 2.43. The Morgan fingerprint density at radius 1 is 1.16 bits per heavy atom. The van der Waals surface area contributed by atoms with Gasteiger partial charge >= 0.3 is 0 Å². The van der Waals surface area contributed by atoms with Crippen molar-refractivity contribution >= 4 is 5.84 Å². The third kappa shape index (κ3) is 2.95. The number of hydrogen-bond donors (Lipinski definition) is 2. The molecule has 0 radical (unpaired) electrons. The van der Waals surface area contributed by atoms with Crippen LogP contribution in [0.4, 0.5) is 0 Å². The van der Waals surface area contributed by atoms with E-state index in [2.05, 4.69) is 4.90 Å². The van der Waals surface area contributed by atoms with Crippen molar-refractivity contribution < 1.29 is 4.74 Å². The molecule has 2 saturated heterocycles. The highest BCUT2D eigenvalue weighted by Gasteiger charge is 2.42. The van der Waals surface area contributed by atoms with Gasteiger partial charge in [-0.15, -0.1) is 0 Å². The van der Waals surface area contributed by atoms with Gasteiger partial charge in [-0.2, -0.15) is 0 Å². The van der Waals surface area contributed by atoms with E-state index in [1.807, 2.05) is 0 Å². The molecule has 4 heteroatoms. The zero-order valence-electron chi connectivity index (χ0n) is 11.9. The molecule has 0 bridgehead atoms. The molecule has 4 nitrogen and oxygen atoms in total. The van der Waals surface area contributed by atoms with Crippen molar-refractivity contribution in [3.05, 3.63) is 0 Å². The van der Waals surface area contributed by atoms with Crippen molar-refractivity contribution in [1.82, 2.24) is 4.90 Å². The number of nitrogens with one attached hydrogen (secondary N) is 1. The Morgan fingerprint density at radius 3 is 2.47 bits per heavy atom. The Kier molecular flexibility index (Phi) is 3.81. The Labute approximate surface area is 116 Å². The second-order valence-electron chi connectivity index (χ2n) is 6.70. The minimum Gasteiger partial charge on any atom is -0.387 e. The number of rotatable bonds is 3. The molecular weight excluding hydrogens is 238 g/mol. The molecule has 0 amide bonds. The average Bonchev–Trinajstić information content (AvgIpc) is 3.01. The highest BCUT2D eigenvalue weighted by atomic mass is 16.5. The van der Waals surface area contributed by atoms with E-state index in [0.29, 0.717) is 17.9 Å². The summed E-state index contributed by atoms with van der Waals surface area (Å²) in [5.41, 5.74) is 5.86. The summed E-state index contributed by atoms with van der Waals surface area (Å²) in [6.07, 6.45) is 10.4. The first-order chi connectivity index (χ1) is 9.17. The molecule has 1 atom stereocenters. The molecule has 0 aromatic carbocycles. The van der Waals surface area contributed by atoms with Gasteiger partial charge in [-0.25, -0.2) is 0 Å². The first kappa shape index (κ1) is 13.4. The third-order valence-electron chi connectivity index (χ3n) is 5.34. The summed E-state index contributed by atoms with van der Waals surface area (Å²) >= 11 is 0. The van der Waals surface area contributed by atoms with E-state index in [1.165, 1.54) is 38.5 Å². The van der Waals surface area contributed by atoms with Gasteiger partial charge in [0.05, 0.1) is 17.5 Å². The lowest BCUT2D eigenvalue weighted by atomic mass is 9.95. The standard InChI is InChI=1S/C15H27N3O/c16-14(17)12-4-9-18(10-5-12)11-13-3-8-15(19-13)6-1-2-7-15/h12-13H,1-11H2,(H3,16,17). The lowest BCUT2D eigenvalue weighted by molar-refractivity contribution is -0.0492. The van der Waals surface area contributed by atoms with Crippen molar-refractivity contribution in [2.24, 2.45) is 11.7 Å². The zero-order valence-corrected chi connectivity index (χ0v) is 11.9. The normalized spacial score (nSPS) is 32.1. The molecule has 1 aliphatic carbocycles. The first-order valence-corrected chi connectivity index (χ1v) is 7.91. The van der Waals surface area contributed by atoms with Gasteiger partial charge in [-0.3, -0.25) is 5.41 Å². The van der Waals surface area contributed by atoms with Crippen molar-refractivity contribution in [3.63, 3.8) is 0 Å². The van der Waals surface area contributed by atoms with Gasteiger partial charge in [0.2, 0.25) is 0 Å². The second-order valence-corrected chi connectivity index (χ2v) is 6.70. The molecule has 108 valence electrons. The fourth-order valence-corrected chi connectivity index (χ4v) is 4.13. The molecule has 1 unspecified atom stereocenters. The number of nitrogens with zero attached hydrogens (tertiary/aromatic N) is 1. The van der Waals surface area contributed by atoms with Gasteiger partial charge in [0.15, 0.2) is 0 Å². The minimum absolute atomic E-state index is 0.266. The number of nitrogens with two attached hydrogens (primary N) is 1. The Balaban J connectivity index is 1.44. The van der Waals surface area contributed by atoms with E-state index < -0.39 is 0 Å². The van der Waals surface area contributed by atoms with Gasteiger partial charge in [0.1, 0.15) is 0 Å². The molecule has 1 saturated carbocycles. The van der Waals surface area contributed by atoms with E-state index in [-0.39, 0.29) is 5.60 Å². The quantitative estimate of drug-likeness (QED) is 0.607. The lowest BCUT2D eigenvalue weighted by Crippen LogP contribution is -2.42. The summed E-state index contributed by atoms with van der Waals surface area (Å²) in [7, 11) is 0. The van der Waals surface area contributed by atoms with E-state index in [4.69, 9.17) is 15.9 Å². The van der Waals surface area contributed by atoms with Gasteiger partial charge in [-0.1, -0.05) is 12.8 Å². The number of hydrogen-bond acceptors (Lipinski definition) is 3. The van der Waals surface area contributed by atoms with Crippen molar-refractivity contribution in [2.45, 2.75) is 63.1 Å². The van der Waals surface area contributed by atoms with E-state index in [1.54, 1.807) is 0 Å². The second kappa shape index (κ2) is 5.41. The summed E-state index contributed by atoms with van der Waals surface area (Å²) in [6, 6.07) is 0. The number of amidine groups is 1. The molecular formula is C15H27N3O. The average molecular weight is 265 g/mol. The van der Waals surface area contributed by atoms with Crippen LogP contribution in [0.1, 0.15) is 51.4 Å². The van der Waals surface area contributed by atoms with Crippen LogP contribution in [0.15, 0.2) is 0 Å². The van der Waals surface area contributed by atoms with Gasteiger partial charge < -0.3 is 15.4 Å². The van der Waals surface area contributed by atoms with Crippen molar-refractivity contribution in [2.75, 3.05) is 19.6 Å². The van der Waals surface area contributed by atoms with Crippen LogP contribution in [0.25, 0.3) is 0 Å². The summed E-state index contributed by atoms with van der Waals surface area (Å²) in [5, 5.41) is 7.52. The summed E-state index contributed by atoms with van der Waals surface area (Å²) < 4.78 is 6.38. The van der Waals surface area contributed by atoms with Crippen LogP contribution in [0.5, 0.6) is 0 Å². The highest BCUT2D eigenvalue weighted by molar-refractivity contribution is 5.79. The SMILES string of the molecule is N=C(N)C1CCN(CC2CCC3(CCCC3)O2)CC1. The minimum atomic E-state index is 0.266. The topological polar surface area (TPSA) is 62.3 Å². The Morgan fingerprint density at radius 2 is 1.84 bits per heavy atom. The molecule has 19 heavy (non-hydrogen) atoms. The smallest absolute Gasteiger partial charge is 0.0937 e. The predicted octanol–water partition coefficient (Wildman–Crippen LogP) is 2.13. The maximum absolute atomic E-state index is 7.52. The van der Waals surface area contributed by atoms with Crippen LogP contribution in [-0.2, 0) is 4.74 Å². The maximum Gasteiger partial charge on any atom is 0.0937 e. The third-order valence-corrected chi connectivity index (χ3v) is 5.34. The van der Waals surface area contributed by atoms with Crippen LogP contribution in [0.3, 0.4) is 0 Å². The summed E-state index contributed by atoms with van der Waals surface area (Å²) in [4.78, 5) is 2.51. The van der Waals surface area contributed by atoms with Crippen LogP contribution in [-0.4, -0.2) is 42.1 Å². The molecule has 0 aromatic rings. The van der Waals surface area contributed by atoms with E-state index in [9.17, 15) is 0 Å². The molecule has 1 spiro atoms. The first-order valence-electron chi connectivity index (χ1n) is 7.91. The molecule has 2 heterocycles. The van der Waals surface area contributed by atoms with Crippen LogP contribution < -0.4 is 5.73 Å². The molecule has 3 aliphatic rings. The fourth-order valence-electron chi connectivity index (χ4n) is 4.13. The van der Waals surface area contributed by atoms with Crippen molar-refractivity contribution in [1.29, 1.82) is 5.41 Å². The molecule has 0 aromatic heterocycles. The van der Waals surface area contributed by atoms with Gasteiger partial charge in [0.25, 0.3) is 0 Å². The number of ether oxygens (including phenoxy) is 1. The lowest BCUT2D eigenvalue weighted by Gasteiger charge is -2.33. The van der Waals surface area contributed by atoms with E-state index >= 15 is 0 Å². The number of likely N-dealkylation sites (tertiary alicyclic amines) is 1. The van der Waals surface area contributed by atoms with Crippen LogP contribution in [0, 0.1) is 11.3 Å². The van der Waals surface area contributed by atoms with Gasteiger partial charge in [-0.05, 0) is 51.6 Å². The molecule has 3 N–H and O–H groups in total. The van der Waals surface area contributed by atoms with Gasteiger partial charge in [0, 0.05) is 12.5 Å². The Bertz CT molecular complexity index is 330. The van der Waals surface area contributed by atoms with Crippen molar-refractivity contribution in [3.8, 4) is 0 Å². The Hall–Kier alpha value is -0.610. The number of piperidine rings is 1. The largest absolute Gasteiger partial charge is 0.387 e. The molecule has 3 fully saturated rings. The van der Waals surface area contributed by atoms with Crippen LogP contribution >= 0.6 is 0 Å². The molecule has 2 aliphatic heterocycles. The monoisotopic (exact) mass is 265 g/mol. The predicted molar refractivity (Wildman–Crippen MR) is 76.4 cm³/mol. The fraction of sp³-hybridized carbons (Fsp3) is 0.933. The zero-order chi connectivity index (χ0) is 13.3. The molecule has 3 rings (SSSR count). The van der Waals surface area contributed by atoms with Crippen LogP contribution in [0.2, 0.25) is 0 Å². The maximum atomic E-state index is 7.52. The van der Waals surface area contributed by atoms with E-state index in [0.717, 1.165) is 32.5 Å². The summed E-state index contributed by atoms with van der Waals surface area (Å²) in [5.74, 6) is 0.698.